The molecule has 0 amide bonds. The van der Waals surface area contributed by atoms with Crippen molar-refractivity contribution in [1.82, 2.24) is 24.7 Å². The fraction of sp³-hybridized carbons (Fsp3) is 0.333. The molecule has 0 spiro atoms. The van der Waals surface area contributed by atoms with Gasteiger partial charge in [-0.25, -0.2) is 0 Å². The average molecular weight is 454 g/mol. The Labute approximate surface area is 194 Å². The summed E-state index contributed by atoms with van der Waals surface area (Å²) in [5.41, 5.74) is 4.32. The number of hydrogen-bond acceptors (Lipinski definition) is 3. The Kier molecular flexibility index (Phi) is 6.60. The van der Waals surface area contributed by atoms with Crippen molar-refractivity contribution in [2.75, 3.05) is 27.2 Å². The average Bonchev–Trinajstić information content (AvgIpc) is 3.35. The van der Waals surface area contributed by atoms with E-state index >= 15 is 0 Å². The van der Waals surface area contributed by atoms with Crippen LogP contribution >= 0.6 is 23.8 Å². The number of rotatable bonds is 7. The molecule has 3 aromatic rings. The molecule has 1 fully saturated rings. The van der Waals surface area contributed by atoms with Crippen LogP contribution in [0.2, 0.25) is 5.02 Å². The van der Waals surface area contributed by atoms with Crippen molar-refractivity contribution in [2.24, 2.45) is 0 Å². The van der Waals surface area contributed by atoms with E-state index in [1.807, 2.05) is 31.3 Å². The molecule has 1 aliphatic rings. The van der Waals surface area contributed by atoms with Crippen LogP contribution in [0.5, 0.6) is 0 Å². The topological polar surface area (TPSA) is 36.3 Å². The largest absolute Gasteiger partial charge is 0.352 e. The fourth-order valence-corrected chi connectivity index (χ4v) is 4.62. The molecule has 1 N–H and O–H groups in total. The Morgan fingerprint density at radius 1 is 1.16 bits per heavy atom. The van der Waals surface area contributed by atoms with Gasteiger partial charge in [0.1, 0.15) is 0 Å². The second-order valence-electron chi connectivity index (χ2n) is 8.21. The molecular weight excluding hydrogens is 426 g/mol. The molecule has 0 saturated carbocycles. The van der Waals surface area contributed by atoms with Gasteiger partial charge in [-0.3, -0.25) is 4.98 Å². The zero-order chi connectivity index (χ0) is 22.0. The molecule has 5 nitrogen and oxygen atoms in total. The molecule has 31 heavy (non-hydrogen) atoms. The first-order valence-electron chi connectivity index (χ1n) is 10.5. The van der Waals surface area contributed by atoms with Gasteiger partial charge in [-0.15, -0.1) is 0 Å². The lowest BCUT2D eigenvalue weighted by Gasteiger charge is -2.29. The van der Waals surface area contributed by atoms with E-state index in [1.54, 1.807) is 0 Å². The molecule has 1 saturated heterocycles. The van der Waals surface area contributed by atoms with Crippen molar-refractivity contribution in [2.45, 2.75) is 25.4 Å². The number of aromatic nitrogens is 2. The van der Waals surface area contributed by atoms with Crippen LogP contribution in [0, 0.1) is 6.92 Å². The van der Waals surface area contributed by atoms with Gasteiger partial charge >= 0.3 is 0 Å². The third-order valence-corrected chi connectivity index (χ3v) is 6.48. The highest BCUT2D eigenvalue weighted by Gasteiger charge is 2.40. The molecule has 0 aliphatic carbocycles. The number of aryl methyl sites for hydroxylation is 1. The van der Waals surface area contributed by atoms with E-state index in [2.05, 4.69) is 75.3 Å². The monoisotopic (exact) mass is 453 g/mol. The van der Waals surface area contributed by atoms with Gasteiger partial charge in [-0.05, 0) is 94.2 Å². The number of pyridine rings is 1. The van der Waals surface area contributed by atoms with Gasteiger partial charge in [0.25, 0.3) is 0 Å². The highest BCUT2D eigenvalue weighted by atomic mass is 35.5. The van der Waals surface area contributed by atoms with Crippen LogP contribution in [0.25, 0.3) is 5.69 Å². The molecule has 7 heteroatoms. The highest BCUT2D eigenvalue weighted by Crippen LogP contribution is 2.39. The predicted molar refractivity (Wildman–Crippen MR) is 131 cm³/mol. The van der Waals surface area contributed by atoms with Crippen molar-refractivity contribution < 1.29 is 0 Å². The quantitative estimate of drug-likeness (QED) is 0.522. The molecule has 162 valence electrons. The van der Waals surface area contributed by atoms with Gasteiger partial charge < -0.3 is 19.7 Å². The molecule has 4 rings (SSSR count). The maximum atomic E-state index is 6.28. The normalized spacial score (nSPS) is 18.6. The van der Waals surface area contributed by atoms with E-state index < -0.39 is 0 Å². The summed E-state index contributed by atoms with van der Waals surface area (Å²) in [4.78, 5) is 9.16. The second-order valence-corrected chi connectivity index (χ2v) is 9.01. The Bertz CT molecular complexity index is 1050. The number of hydrogen-bond donors (Lipinski definition) is 1. The first-order chi connectivity index (χ1) is 15.0. The third kappa shape index (κ3) is 4.61. The molecule has 3 heterocycles. The van der Waals surface area contributed by atoms with E-state index in [9.17, 15) is 0 Å². The first-order valence-corrected chi connectivity index (χ1v) is 11.3. The van der Waals surface area contributed by atoms with Crippen LogP contribution in [0.1, 0.15) is 35.5 Å². The van der Waals surface area contributed by atoms with E-state index in [1.165, 1.54) is 5.69 Å². The number of thiocarbonyl (C=S) groups is 1. The van der Waals surface area contributed by atoms with Gasteiger partial charge in [0.15, 0.2) is 5.11 Å². The van der Waals surface area contributed by atoms with Gasteiger partial charge in [0, 0.05) is 35.3 Å². The lowest BCUT2D eigenvalue weighted by molar-refractivity contribution is 0.286. The molecule has 0 unspecified atom stereocenters. The zero-order valence-corrected chi connectivity index (χ0v) is 19.7. The van der Waals surface area contributed by atoms with Crippen LogP contribution in [-0.2, 0) is 0 Å². The third-order valence-electron chi connectivity index (χ3n) is 5.71. The van der Waals surface area contributed by atoms with Crippen LogP contribution in [0.4, 0.5) is 0 Å². The molecule has 1 aliphatic heterocycles. The summed E-state index contributed by atoms with van der Waals surface area (Å²) < 4.78 is 2.23. The minimum absolute atomic E-state index is 0.0184. The number of benzene rings is 1. The second kappa shape index (κ2) is 9.39. The number of halogens is 1. The van der Waals surface area contributed by atoms with Crippen molar-refractivity contribution in [3.05, 3.63) is 82.9 Å². The Hall–Kier alpha value is -2.41. The summed E-state index contributed by atoms with van der Waals surface area (Å²) in [6.45, 7) is 3.92. The molecule has 1 aromatic carbocycles. The molecule has 2 atom stereocenters. The summed E-state index contributed by atoms with van der Waals surface area (Å²) >= 11 is 12.1. The van der Waals surface area contributed by atoms with Gasteiger partial charge in [0.2, 0.25) is 0 Å². The van der Waals surface area contributed by atoms with Gasteiger partial charge in [-0.2, -0.15) is 0 Å². The summed E-state index contributed by atoms with van der Waals surface area (Å²) in [6.07, 6.45) is 4.97. The van der Waals surface area contributed by atoms with Crippen LogP contribution in [-0.4, -0.2) is 51.6 Å². The van der Waals surface area contributed by atoms with E-state index in [0.29, 0.717) is 0 Å². The molecule has 0 bridgehead atoms. The number of nitrogens with one attached hydrogen (secondary N) is 1. The van der Waals surface area contributed by atoms with Crippen molar-refractivity contribution in [3.8, 4) is 5.69 Å². The maximum absolute atomic E-state index is 6.28. The van der Waals surface area contributed by atoms with Crippen LogP contribution in [0.15, 0.2) is 60.9 Å². The van der Waals surface area contributed by atoms with Gasteiger partial charge in [0.05, 0.1) is 17.8 Å². The van der Waals surface area contributed by atoms with Crippen molar-refractivity contribution >= 4 is 28.9 Å². The van der Waals surface area contributed by atoms with Crippen molar-refractivity contribution in [3.63, 3.8) is 0 Å². The summed E-state index contributed by atoms with van der Waals surface area (Å²) in [5.74, 6) is 0. The lowest BCUT2D eigenvalue weighted by atomic mass is 10.0. The van der Waals surface area contributed by atoms with Crippen LogP contribution in [0.3, 0.4) is 0 Å². The number of nitrogens with zero attached hydrogens (tertiary/aromatic N) is 4. The smallest absolute Gasteiger partial charge is 0.170 e. The van der Waals surface area contributed by atoms with E-state index in [0.717, 1.165) is 46.6 Å². The predicted octanol–water partition coefficient (Wildman–Crippen LogP) is 4.76. The minimum Gasteiger partial charge on any atom is -0.352 e. The van der Waals surface area contributed by atoms with E-state index in [-0.39, 0.29) is 12.1 Å². The molecular formula is C24H28ClN5S. The minimum atomic E-state index is -0.0184. The zero-order valence-electron chi connectivity index (χ0n) is 18.1. The Morgan fingerprint density at radius 3 is 2.71 bits per heavy atom. The van der Waals surface area contributed by atoms with Gasteiger partial charge in [-0.1, -0.05) is 17.7 Å². The maximum Gasteiger partial charge on any atom is 0.170 e. The lowest BCUT2D eigenvalue weighted by Crippen LogP contribution is -2.33. The Morgan fingerprint density at radius 2 is 2.00 bits per heavy atom. The molecule has 0 radical (unpaired) electrons. The highest BCUT2D eigenvalue weighted by molar-refractivity contribution is 7.80. The fourth-order valence-electron chi connectivity index (χ4n) is 4.17. The summed E-state index contributed by atoms with van der Waals surface area (Å²) in [6, 6.07) is 16.5. The molecule has 2 aromatic heterocycles. The summed E-state index contributed by atoms with van der Waals surface area (Å²) in [7, 11) is 4.20. The van der Waals surface area contributed by atoms with Crippen LogP contribution < -0.4 is 5.32 Å². The van der Waals surface area contributed by atoms with Crippen molar-refractivity contribution in [1.29, 1.82) is 0 Å². The first kappa shape index (κ1) is 21.8. The van der Waals surface area contributed by atoms with E-state index in [4.69, 9.17) is 23.8 Å². The Balaban J connectivity index is 1.74. The standard InChI is InChI=1S/C24H28ClN5S/c1-17-16-18(10-11-19(17)25)29-14-6-9-21(29)23-22(20-8-4-5-12-26-20)27-24(31)30(23)15-7-13-28(2)3/h4-6,8-12,14,16,22-23H,7,13,15H2,1-3H3,(H,27,31)/t22-,23+/m0/s1. The SMILES string of the molecule is Cc1cc(-n2cccc2[C@@H]2[C@H](c3ccccn3)NC(=S)N2CCCN(C)C)ccc1Cl. The summed E-state index contributed by atoms with van der Waals surface area (Å²) in [5, 5.41) is 5.10.